The zero-order valence-corrected chi connectivity index (χ0v) is 15.3. The minimum Gasteiger partial charge on any atom is -0.508 e. The molecular formula is C16H24IN3O2. The van der Waals surface area contributed by atoms with Gasteiger partial charge in [0.1, 0.15) is 11.5 Å². The summed E-state index contributed by atoms with van der Waals surface area (Å²) in [4.78, 5) is 4.53. The summed E-state index contributed by atoms with van der Waals surface area (Å²) in [6.07, 6.45) is 6.40. The molecule has 0 fully saturated rings. The molecule has 22 heavy (non-hydrogen) atoms. The number of aliphatic imine (C=N–C) groups is 1. The SMILES string of the molecule is CCNC(=NCc1cc(OC)ccc1O)NC1CC=CC1.I. The number of aromatic hydroxyl groups is 1. The van der Waals surface area contributed by atoms with Crippen molar-refractivity contribution in [1.29, 1.82) is 0 Å². The number of hydrogen-bond acceptors (Lipinski definition) is 3. The van der Waals surface area contributed by atoms with E-state index in [1.807, 2.05) is 6.92 Å². The van der Waals surface area contributed by atoms with E-state index >= 15 is 0 Å². The highest BCUT2D eigenvalue weighted by Gasteiger charge is 2.11. The van der Waals surface area contributed by atoms with Crippen LogP contribution in [-0.4, -0.2) is 30.8 Å². The molecule has 0 amide bonds. The lowest BCUT2D eigenvalue weighted by atomic mass is 10.2. The first kappa shape index (κ1) is 18.6. The molecule has 6 heteroatoms. The third kappa shape index (κ3) is 5.40. The number of guanidine groups is 1. The van der Waals surface area contributed by atoms with Gasteiger partial charge in [0, 0.05) is 18.2 Å². The van der Waals surface area contributed by atoms with E-state index in [4.69, 9.17) is 4.74 Å². The van der Waals surface area contributed by atoms with Crippen LogP contribution in [0.3, 0.4) is 0 Å². The maximum Gasteiger partial charge on any atom is 0.191 e. The number of phenols is 1. The second-order valence-electron chi connectivity index (χ2n) is 4.97. The number of hydrogen-bond donors (Lipinski definition) is 3. The molecule has 2 rings (SSSR count). The van der Waals surface area contributed by atoms with Crippen LogP contribution < -0.4 is 15.4 Å². The Morgan fingerprint density at radius 1 is 1.36 bits per heavy atom. The van der Waals surface area contributed by atoms with Gasteiger partial charge in [-0.05, 0) is 38.0 Å². The predicted molar refractivity (Wildman–Crippen MR) is 100 cm³/mol. The van der Waals surface area contributed by atoms with E-state index in [1.54, 1.807) is 25.3 Å². The van der Waals surface area contributed by atoms with Crippen molar-refractivity contribution in [2.75, 3.05) is 13.7 Å². The molecule has 0 heterocycles. The topological polar surface area (TPSA) is 65.9 Å². The maximum atomic E-state index is 9.88. The van der Waals surface area contributed by atoms with Crippen LogP contribution in [0, 0.1) is 0 Å². The zero-order chi connectivity index (χ0) is 15.1. The average molecular weight is 417 g/mol. The summed E-state index contributed by atoms with van der Waals surface area (Å²) in [6, 6.07) is 5.57. The van der Waals surface area contributed by atoms with E-state index in [2.05, 4.69) is 27.8 Å². The molecule has 0 radical (unpaired) electrons. The lowest BCUT2D eigenvalue weighted by molar-refractivity contribution is 0.411. The lowest BCUT2D eigenvalue weighted by Gasteiger charge is -2.16. The number of benzene rings is 1. The van der Waals surface area contributed by atoms with Crippen LogP contribution in [0.1, 0.15) is 25.3 Å². The van der Waals surface area contributed by atoms with E-state index in [1.165, 1.54) is 0 Å². The highest BCUT2D eigenvalue weighted by Crippen LogP contribution is 2.23. The lowest BCUT2D eigenvalue weighted by Crippen LogP contribution is -2.42. The number of nitrogens with zero attached hydrogens (tertiary/aromatic N) is 1. The Morgan fingerprint density at radius 3 is 2.73 bits per heavy atom. The molecule has 0 aromatic heterocycles. The summed E-state index contributed by atoms with van der Waals surface area (Å²) in [5.74, 6) is 1.72. The first-order valence-corrected chi connectivity index (χ1v) is 7.28. The number of ether oxygens (including phenoxy) is 1. The number of halogens is 1. The summed E-state index contributed by atoms with van der Waals surface area (Å²) >= 11 is 0. The molecule has 5 nitrogen and oxygen atoms in total. The smallest absolute Gasteiger partial charge is 0.191 e. The van der Waals surface area contributed by atoms with E-state index < -0.39 is 0 Å². The van der Waals surface area contributed by atoms with E-state index in [-0.39, 0.29) is 29.7 Å². The molecular weight excluding hydrogens is 393 g/mol. The second kappa shape index (κ2) is 9.55. The molecule has 0 saturated heterocycles. The van der Waals surface area contributed by atoms with Crippen molar-refractivity contribution in [2.24, 2.45) is 4.99 Å². The minimum atomic E-state index is 0. The first-order valence-electron chi connectivity index (χ1n) is 7.28. The second-order valence-corrected chi connectivity index (χ2v) is 4.97. The van der Waals surface area contributed by atoms with Gasteiger partial charge in [-0.2, -0.15) is 0 Å². The van der Waals surface area contributed by atoms with Gasteiger partial charge in [0.15, 0.2) is 5.96 Å². The van der Waals surface area contributed by atoms with Crippen molar-refractivity contribution >= 4 is 29.9 Å². The van der Waals surface area contributed by atoms with Gasteiger partial charge >= 0.3 is 0 Å². The normalized spacial score (nSPS) is 14.5. The molecule has 1 aromatic carbocycles. The van der Waals surface area contributed by atoms with Crippen LogP contribution in [-0.2, 0) is 6.54 Å². The molecule has 0 spiro atoms. The van der Waals surface area contributed by atoms with E-state index in [0.29, 0.717) is 12.6 Å². The van der Waals surface area contributed by atoms with E-state index in [0.717, 1.165) is 36.7 Å². The zero-order valence-electron chi connectivity index (χ0n) is 13.0. The van der Waals surface area contributed by atoms with Crippen molar-refractivity contribution in [1.82, 2.24) is 10.6 Å². The monoisotopic (exact) mass is 417 g/mol. The highest BCUT2D eigenvalue weighted by molar-refractivity contribution is 14.0. The number of phenolic OH excluding ortho intramolecular Hbond substituents is 1. The summed E-state index contributed by atoms with van der Waals surface area (Å²) in [5, 5.41) is 16.5. The van der Waals surface area contributed by atoms with Gasteiger partial charge < -0.3 is 20.5 Å². The van der Waals surface area contributed by atoms with Crippen LogP contribution in [0.5, 0.6) is 11.5 Å². The molecule has 1 aliphatic rings. The predicted octanol–water partition coefficient (Wildman–Crippen LogP) is 2.79. The molecule has 0 atom stereocenters. The quantitative estimate of drug-likeness (QED) is 0.299. The molecule has 0 saturated carbocycles. The van der Waals surface area contributed by atoms with Gasteiger partial charge in [-0.1, -0.05) is 12.2 Å². The van der Waals surface area contributed by atoms with Gasteiger partial charge in [-0.25, -0.2) is 4.99 Å². The Balaban J connectivity index is 0.00000242. The number of rotatable bonds is 5. The fraction of sp³-hybridized carbons (Fsp3) is 0.438. The van der Waals surface area contributed by atoms with Crippen molar-refractivity contribution in [3.63, 3.8) is 0 Å². The van der Waals surface area contributed by atoms with Crippen molar-refractivity contribution in [3.8, 4) is 11.5 Å². The van der Waals surface area contributed by atoms with Crippen molar-refractivity contribution < 1.29 is 9.84 Å². The number of methoxy groups -OCH3 is 1. The Labute approximate surface area is 148 Å². The Kier molecular flexibility index (Phi) is 8.08. The molecule has 0 unspecified atom stereocenters. The summed E-state index contributed by atoms with van der Waals surface area (Å²) in [7, 11) is 1.61. The largest absolute Gasteiger partial charge is 0.508 e. The summed E-state index contributed by atoms with van der Waals surface area (Å²) in [5.41, 5.74) is 0.746. The van der Waals surface area contributed by atoms with Gasteiger partial charge in [-0.15, -0.1) is 24.0 Å². The van der Waals surface area contributed by atoms with Crippen LogP contribution in [0.4, 0.5) is 0 Å². The van der Waals surface area contributed by atoms with Crippen molar-refractivity contribution in [2.45, 2.75) is 32.4 Å². The third-order valence-corrected chi connectivity index (χ3v) is 3.39. The van der Waals surface area contributed by atoms with Gasteiger partial charge in [0.2, 0.25) is 0 Å². The van der Waals surface area contributed by atoms with Crippen LogP contribution in [0.2, 0.25) is 0 Å². The standard InChI is InChI=1S/C16H23N3O2.HI/c1-3-17-16(19-13-6-4-5-7-13)18-11-12-10-14(21-2)8-9-15(12)20;/h4-5,8-10,13,20H,3,6-7,11H2,1-2H3,(H2,17,18,19);1H. The Hall–Kier alpha value is -1.44. The van der Waals surface area contributed by atoms with Crippen LogP contribution in [0.15, 0.2) is 35.3 Å². The van der Waals surface area contributed by atoms with Crippen LogP contribution in [0.25, 0.3) is 0 Å². The molecule has 1 aliphatic carbocycles. The van der Waals surface area contributed by atoms with Gasteiger partial charge in [0.05, 0.1) is 13.7 Å². The van der Waals surface area contributed by atoms with Gasteiger partial charge in [0.25, 0.3) is 0 Å². The van der Waals surface area contributed by atoms with Crippen LogP contribution >= 0.6 is 24.0 Å². The summed E-state index contributed by atoms with van der Waals surface area (Å²) < 4.78 is 5.17. The molecule has 1 aromatic rings. The molecule has 0 bridgehead atoms. The average Bonchev–Trinajstić information content (AvgIpc) is 2.99. The Bertz CT molecular complexity index is 524. The minimum absolute atomic E-state index is 0. The molecule has 122 valence electrons. The number of nitrogens with one attached hydrogen (secondary N) is 2. The molecule has 3 N–H and O–H groups in total. The third-order valence-electron chi connectivity index (χ3n) is 3.39. The highest BCUT2D eigenvalue weighted by atomic mass is 127. The Morgan fingerprint density at radius 2 is 2.09 bits per heavy atom. The fourth-order valence-corrected chi connectivity index (χ4v) is 2.23. The van der Waals surface area contributed by atoms with Gasteiger partial charge in [-0.3, -0.25) is 0 Å². The van der Waals surface area contributed by atoms with E-state index in [9.17, 15) is 5.11 Å². The maximum absolute atomic E-state index is 9.88. The summed E-state index contributed by atoms with van der Waals surface area (Å²) in [6.45, 7) is 3.24. The fourth-order valence-electron chi connectivity index (χ4n) is 2.23. The van der Waals surface area contributed by atoms with Crippen molar-refractivity contribution in [3.05, 3.63) is 35.9 Å². The molecule has 0 aliphatic heterocycles. The first-order chi connectivity index (χ1) is 10.2.